The topological polar surface area (TPSA) is 92.8 Å². The molecule has 4 rings (SSSR count). The van der Waals surface area contributed by atoms with E-state index in [2.05, 4.69) is 5.32 Å². The number of rotatable bonds is 7. The highest BCUT2D eigenvalue weighted by molar-refractivity contribution is 7.89. The Hall–Kier alpha value is -2.23. The number of esters is 1. The first-order valence-electron chi connectivity index (χ1n) is 10.1. The molecular formula is C21H24N2O5S2. The zero-order chi connectivity index (χ0) is 21.3. The Labute approximate surface area is 180 Å². The van der Waals surface area contributed by atoms with Crippen LogP contribution in [0.1, 0.15) is 64.8 Å². The lowest BCUT2D eigenvalue weighted by Gasteiger charge is -2.15. The fourth-order valence-electron chi connectivity index (χ4n) is 3.60. The van der Waals surface area contributed by atoms with Gasteiger partial charge < -0.3 is 10.1 Å². The quantitative estimate of drug-likeness (QED) is 0.650. The fraction of sp³-hybridized carbons (Fsp3) is 0.429. The highest BCUT2D eigenvalue weighted by Crippen LogP contribution is 2.46. The molecule has 30 heavy (non-hydrogen) atoms. The molecule has 0 spiro atoms. The van der Waals surface area contributed by atoms with Gasteiger partial charge in [0.1, 0.15) is 5.00 Å². The average molecular weight is 449 g/mol. The van der Waals surface area contributed by atoms with Crippen molar-refractivity contribution in [3.05, 3.63) is 46.3 Å². The summed E-state index contributed by atoms with van der Waals surface area (Å²) in [6.45, 7) is 3.07. The van der Waals surface area contributed by atoms with E-state index in [9.17, 15) is 18.0 Å². The van der Waals surface area contributed by atoms with E-state index in [1.54, 1.807) is 6.92 Å². The number of hydrogen-bond acceptors (Lipinski definition) is 6. The molecule has 160 valence electrons. The fourth-order valence-corrected chi connectivity index (χ4v) is 6.15. The summed E-state index contributed by atoms with van der Waals surface area (Å²) in [7, 11) is -3.52. The zero-order valence-corrected chi connectivity index (χ0v) is 18.4. The maximum atomic E-state index is 12.7. The summed E-state index contributed by atoms with van der Waals surface area (Å²) in [5, 5.41) is 5.18. The Kier molecular flexibility index (Phi) is 5.95. The van der Waals surface area contributed by atoms with E-state index in [-0.39, 0.29) is 11.5 Å². The van der Waals surface area contributed by atoms with Crippen molar-refractivity contribution < 1.29 is 22.7 Å². The van der Waals surface area contributed by atoms with Crippen molar-refractivity contribution in [1.29, 1.82) is 0 Å². The lowest BCUT2D eigenvalue weighted by molar-refractivity contribution is 0.0527. The van der Waals surface area contributed by atoms with E-state index < -0.39 is 21.9 Å². The monoisotopic (exact) mass is 448 g/mol. The van der Waals surface area contributed by atoms with Gasteiger partial charge in [-0.2, -0.15) is 4.31 Å². The van der Waals surface area contributed by atoms with E-state index in [0.29, 0.717) is 35.1 Å². The van der Waals surface area contributed by atoms with Gasteiger partial charge in [-0.05, 0) is 73.7 Å². The van der Waals surface area contributed by atoms with Gasteiger partial charge in [0.2, 0.25) is 10.0 Å². The summed E-state index contributed by atoms with van der Waals surface area (Å²) in [6.07, 6.45) is 3.80. The van der Waals surface area contributed by atoms with Gasteiger partial charge in [-0.3, -0.25) is 4.79 Å². The first-order chi connectivity index (χ1) is 14.4. The van der Waals surface area contributed by atoms with Crippen LogP contribution in [0, 0.1) is 0 Å². The largest absolute Gasteiger partial charge is 0.462 e. The zero-order valence-electron chi connectivity index (χ0n) is 16.7. The normalized spacial score (nSPS) is 17.1. The van der Waals surface area contributed by atoms with Crippen LogP contribution in [0.25, 0.3) is 0 Å². The number of benzene rings is 1. The summed E-state index contributed by atoms with van der Waals surface area (Å²) in [6, 6.07) is 5.91. The minimum absolute atomic E-state index is 0.181. The average Bonchev–Trinajstić information content (AvgIpc) is 3.25. The Morgan fingerprint density at radius 3 is 2.43 bits per heavy atom. The van der Waals surface area contributed by atoms with E-state index in [4.69, 9.17) is 4.74 Å². The summed E-state index contributed by atoms with van der Waals surface area (Å²) in [5.74, 6) is -0.473. The number of nitrogens with zero attached hydrogens (tertiary/aromatic N) is 1. The number of hydrogen-bond donors (Lipinski definition) is 1. The molecule has 1 saturated carbocycles. The molecule has 2 aliphatic rings. The standard InChI is InChI=1S/C21H24N2O5S2/c1-2-28-21(25)18-17(14-5-6-14)13-29-20(18)22-19(24)15-7-9-16(10-8-15)30(26,27)23-11-3-4-12-23/h7-10,13-14H,2-6,11-12H2,1H3,(H,22,24). The van der Waals surface area contributed by atoms with Crippen LogP contribution in [-0.4, -0.2) is 44.3 Å². The van der Waals surface area contributed by atoms with Crippen LogP contribution in [-0.2, 0) is 14.8 Å². The van der Waals surface area contributed by atoms with E-state index in [1.807, 2.05) is 5.38 Å². The number of carbonyl (C=O) groups excluding carboxylic acids is 2. The predicted molar refractivity (Wildman–Crippen MR) is 115 cm³/mol. The number of sulfonamides is 1. The van der Waals surface area contributed by atoms with Crippen LogP contribution >= 0.6 is 11.3 Å². The summed E-state index contributed by atoms with van der Waals surface area (Å²) < 4.78 is 31.9. The second-order valence-electron chi connectivity index (χ2n) is 7.48. The van der Waals surface area contributed by atoms with Crippen molar-refractivity contribution in [3.63, 3.8) is 0 Å². The highest BCUT2D eigenvalue weighted by Gasteiger charge is 2.32. The van der Waals surface area contributed by atoms with Gasteiger partial charge in [-0.1, -0.05) is 0 Å². The van der Waals surface area contributed by atoms with Gasteiger partial charge in [-0.25, -0.2) is 13.2 Å². The predicted octanol–water partition coefficient (Wildman–Crippen LogP) is 3.84. The maximum Gasteiger partial charge on any atom is 0.341 e. The minimum atomic E-state index is -3.52. The van der Waals surface area contributed by atoms with Gasteiger partial charge in [-0.15, -0.1) is 11.3 Å². The summed E-state index contributed by atoms with van der Waals surface area (Å²) in [5.41, 5.74) is 1.69. The van der Waals surface area contributed by atoms with Crippen molar-refractivity contribution in [1.82, 2.24) is 4.31 Å². The van der Waals surface area contributed by atoms with Crippen molar-refractivity contribution in [2.75, 3.05) is 25.0 Å². The Morgan fingerprint density at radius 1 is 1.17 bits per heavy atom. The number of anilines is 1. The lowest BCUT2D eigenvalue weighted by atomic mass is 10.1. The molecule has 2 fully saturated rings. The number of carbonyl (C=O) groups is 2. The second-order valence-corrected chi connectivity index (χ2v) is 10.3. The van der Waals surface area contributed by atoms with Crippen molar-refractivity contribution in [2.45, 2.75) is 43.4 Å². The van der Waals surface area contributed by atoms with Crippen molar-refractivity contribution >= 4 is 38.2 Å². The molecule has 1 aliphatic heterocycles. The Balaban J connectivity index is 1.52. The van der Waals surface area contributed by atoms with Gasteiger partial charge in [0.25, 0.3) is 5.91 Å². The number of amides is 1. The van der Waals surface area contributed by atoms with Gasteiger partial charge in [0.05, 0.1) is 17.1 Å². The lowest BCUT2D eigenvalue weighted by Crippen LogP contribution is -2.27. The third-order valence-corrected chi connectivity index (χ3v) is 8.19. The molecule has 0 radical (unpaired) electrons. The smallest absolute Gasteiger partial charge is 0.341 e. The van der Waals surface area contributed by atoms with E-state index >= 15 is 0 Å². The van der Waals surface area contributed by atoms with Crippen LogP contribution < -0.4 is 5.32 Å². The molecule has 1 aromatic carbocycles. The number of ether oxygens (including phenoxy) is 1. The molecule has 1 saturated heterocycles. The molecule has 0 atom stereocenters. The number of nitrogens with one attached hydrogen (secondary N) is 1. The van der Waals surface area contributed by atoms with E-state index in [0.717, 1.165) is 31.2 Å². The summed E-state index contributed by atoms with van der Waals surface area (Å²) in [4.78, 5) is 25.4. The van der Waals surface area contributed by atoms with Crippen molar-refractivity contribution in [3.8, 4) is 0 Å². The first-order valence-corrected chi connectivity index (χ1v) is 12.4. The molecule has 0 unspecified atom stereocenters. The van der Waals surface area contributed by atoms with Crippen LogP contribution in [0.3, 0.4) is 0 Å². The van der Waals surface area contributed by atoms with Crippen molar-refractivity contribution in [2.24, 2.45) is 0 Å². The Bertz CT molecular complexity index is 1050. The third-order valence-electron chi connectivity index (χ3n) is 5.36. The van der Waals surface area contributed by atoms with Crippen LogP contribution in [0.2, 0.25) is 0 Å². The molecule has 1 aromatic heterocycles. The SMILES string of the molecule is CCOC(=O)c1c(C2CC2)csc1NC(=O)c1ccc(S(=O)(=O)N2CCCC2)cc1. The molecule has 1 N–H and O–H groups in total. The van der Waals surface area contributed by atoms with Crippen LogP contribution in [0.4, 0.5) is 5.00 Å². The minimum Gasteiger partial charge on any atom is -0.462 e. The molecule has 2 aromatic rings. The molecule has 1 aliphatic carbocycles. The van der Waals surface area contributed by atoms with Gasteiger partial charge >= 0.3 is 5.97 Å². The first kappa shape index (κ1) is 21.0. The molecule has 7 nitrogen and oxygen atoms in total. The van der Waals surface area contributed by atoms with Crippen LogP contribution in [0.5, 0.6) is 0 Å². The second kappa shape index (κ2) is 8.49. The molecular weight excluding hydrogens is 424 g/mol. The third kappa shape index (κ3) is 4.14. The molecule has 0 bridgehead atoms. The van der Waals surface area contributed by atoms with Gasteiger partial charge in [0.15, 0.2) is 0 Å². The summed E-state index contributed by atoms with van der Waals surface area (Å²) >= 11 is 1.31. The molecule has 1 amide bonds. The van der Waals surface area contributed by atoms with Crippen LogP contribution in [0.15, 0.2) is 34.5 Å². The van der Waals surface area contributed by atoms with E-state index in [1.165, 1.54) is 39.9 Å². The maximum absolute atomic E-state index is 12.7. The molecule has 9 heteroatoms. The molecule has 2 heterocycles. The Morgan fingerprint density at radius 2 is 1.83 bits per heavy atom. The highest BCUT2D eigenvalue weighted by atomic mass is 32.2. The van der Waals surface area contributed by atoms with Gasteiger partial charge in [0, 0.05) is 18.7 Å². The number of thiophene rings is 1.